The van der Waals surface area contributed by atoms with Crippen LogP contribution in [-0.2, 0) is 4.79 Å². The van der Waals surface area contributed by atoms with Gasteiger partial charge in [-0.1, -0.05) is 24.3 Å². The maximum atomic E-state index is 12.1. The molecule has 0 bridgehead atoms. The highest BCUT2D eigenvalue weighted by molar-refractivity contribution is 6.04. The number of para-hydroxylation sites is 3. The first-order valence-corrected chi connectivity index (χ1v) is 6.34. The van der Waals surface area contributed by atoms with Gasteiger partial charge in [-0.2, -0.15) is 5.26 Å². The minimum atomic E-state index is 0.0106. The van der Waals surface area contributed by atoms with Crippen molar-refractivity contribution in [2.75, 3.05) is 23.4 Å². The van der Waals surface area contributed by atoms with Gasteiger partial charge < -0.3 is 9.80 Å². The Hall–Kier alpha value is -2.80. The second-order valence-corrected chi connectivity index (χ2v) is 4.66. The number of carbonyl (C=O) groups excluding carboxylic acids is 1. The summed E-state index contributed by atoms with van der Waals surface area (Å²) in [6.45, 7) is 0.242. The van der Waals surface area contributed by atoms with Crippen molar-refractivity contribution in [1.29, 1.82) is 5.26 Å². The molecule has 98 valence electrons. The average molecular weight is 263 g/mol. The van der Waals surface area contributed by atoms with E-state index in [1.807, 2.05) is 47.4 Å². The molecule has 0 aliphatic carbocycles. The van der Waals surface area contributed by atoms with Crippen LogP contribution in [0.3, 0.4) is 0 Å². The molecule has 0 N–H and O–H groups in total. The fourth-order valence-electron chi connectivity index (χ4n) is 2.46. The maximum Gasteiger partial charge on any atom is 0.246 e. The number of hydrogen-bond donors (Lipinski definition) is 0. The van der Waals surface area contributed by atoms with E-state index in [1.165, 1.54) is 0 Å². The van der Waals surface area contributed by atoms with E-state index in [1.54, 1.807) is 18.0 Å². The lowest BCUT2D eigenvalue weighted by Gasteiger charge is -2.35. The molecule has 2 aromatic carbocycles. The lowest BCUT2D eigenvalue weighted by atomic mass is 10.1. The number of rotatable bonds is 1. The summed E-state index contributed by atoms with van der Waals surface area (Å²) >= 11 is 0. The molecule has 4 nitrogen and oxygen atoms in total. The minimum Gasteiger partial charge on any atom is -0.329 e. The standard InChI is InChI=1S/C16H13N3O/c1-18-14-8-4-5-9-15(14)19(11-16(18)20)13-7-3-2-6-12(13)10-17/h2-9H,11H2,1H3. The van der Waals surface area contributed by atoms with Gasteiger partial charge in [-0.3, -0.25) is 4.79 Å². The van der Waals surface area contributed by atoms with Gasteiger partial charge in [0.2, 0.25) is 5.91 Å². The zero-order valence-corrected chi connectivity index (χ0v) is 11.1. The molecule has 1 aliphatic rings. The molecule has 20 heavy (non-hydrogen) atoms. The number of nitrogens with zero attached hydrogens (tertiary/aromatic N) is 3. The molecule has 4 heteroatoms. The van der Waals surface area contributed by atoms with E-state index >= 15 is 0 Å². The molecule has 1 heterocycles. The number of likely N-dealkylation sites (N-methyl/N-ethyl adjacent to an activating group) is 1. The third kappa shape index (κ3) is 1.81. The second-order valence-electron chi connectivity index (χ2n) is 4.66. The summed E-state index contributed by atoms with van der Waals surface area (Å²) in [5.41, 5.74) is 3.14. The Morgan fingerprint density at radius 3 is 2.30 bits per heavy atom. The maximum absolute atomic E-state index is 12.1. The Labute approximate surface area is 117 Å². The first-order valence-electron chi connectivity index (χ1n) is 6.34. The van der Waals surface area contributed by atoms with Crippen molar-refractivity contribution in [3.8, 4) is 6.07 Å². The van der Waals surface area contributed by atoms with E-state index in [9.17, 15) is 10.1 Å². The predicted molar refractivity (Wildman–Crippen MR) is 78.0 cm³/mol. The van der Waals surface area contributed by atoms with E-state index in [0.717, 1.165) is 17.1 Å². The van der Waals surface area contributed by atoms with E-state index in [4.69, 9.17) is 0 Å². The Balaban J connectivity index is 2.18. The predicted octanol–water partition coefficient (Wildman–Crippen LogP) is 2.67. The van der Waals surface area contributed by atoms with Gasteiger partial charge in [-0.05, 0) is 24.3 Å². The Morgan fingerprint density at radius 1 is 1.00 bits per heavy atom. The van der Waals surface area contributed by atoms with Crippen LogP contribution in [0.15, 0.2) is 48.5 Å². The molecule has 0 aromatic heterocycles. The Bertz CT molecular complexity index is 718. The number of carbonyl (C=O) groups is 1. The molecule has 3 rings (SSSR count). The van der Waals surface area contributed by atoms with Crippen molar-refractivity contribution in [3.05, 3.63) is 54.1 Å². The van der Waals surface area contributed by atoms with E-state index in [-0.39, 0.29) is 12.5 Å². The van der Waals surface area contributed by atoms with Gasteiger partial charge in [0.05, 0.1) is 22.6 Å². The van der Waals surface area contributed by atoms with Crippen molar-refractivity contribution in [1.82, 2.24) is 0 Å². The zero-order valence-electron chi connectivity index (χ0n) is 11.1. The number of benzene rings is 2. The number of amides is 1. The van der Waals surface area contributed by atoms with E-state index in [2.05, 4.69) is 6.07 Å². The summed E-state index contributed by atoms with van der Waals surface area (Å²) in [5.74, 6) is 0.0106. The summed E-state index contributed by atoms with van der Waals surface area (Å²) in [7, 11) is 1.77. The van der Waals surface area contributed by atoms with Crippen LogP contribution in [0.4, 0.5) is 17.1 Å². The van der Waals surface area contributed by atoms with E-state index in [0.29, 0.717) is 5.56 Å². The molecular weight excluding hydrogens is 250 g/mol. The molecule has 0 radical (unpaired) electrons. The van der Waals surface area contributed by atoms with Crippen LogP contribution in [0.25, 0.3) is 0 Å². The molecule has 0 saturated heterocycles. The summed E-state index contributed by atoms with van der Waals surface area (Å²) in [5, 5.41) is 9.24. The van der Waals surface area contributed by atoms with Crippen molar-refractivity contribution in [3.63, 3.8) is 0 Å². The lowest BCUT2D eigenvalue weighted by Crippen LogP contribution is -2.41. The van der Waals surface area contributed by atoms with Gasteiger partial charge in [0.1, 0.15) is 12.6 Å². The van der Waals surface area contributed by atoms with Crippen LogP contribution in [0.1, 0.15) is 5.56 Å². The van der Waals surface area contributed by atoms with Crippen LogP contribution in [0.5, 0.6) is 0 Å². The average Bonchev–Trinajstić information content (AvgIpc) is 2.51. The molecule has 0 fully saturated rings. The molecule has 0 saturated carbocycles. The number of nitriles is 1. The normalized spacial score (nSPS) is 13.9. The topological polar surface area (TPSA) is 47.3 Å². The van der Waals surface area contributed by atoms with Crippen molar-refractivity contribution in [2.24, 2.45) is 0 Å². The highest BCUT2D eigenvalue weighted by Gasteiger charge is 2.28. The van der Waals surface area contributed by atoms with Gasteiger partial charge in [-0.15, -0.1) is 0 Å². The van der Waals surface area contributed by atoms with Crippen molar-refractivity contribution in [2.45, 2.75) is 0 Å². The van der Waals surface area contributed by atoms with Crippen LogP contribution in [-0.4, -0.2) is 19.5 Å². The Kier molecular flexibility index (Phi) is 2.88. The smallest absolute Gasteiger partial charge is 0.246 e. The van der Waals surface area contributed by atoms with E-state index < -0.39 is 0 Å². The number of fused-ring (bicyclic) bond motifs is 1. The first-order chi connectivity index (χ1) is 9.72. The highest BCUT2D eigenvalue weighted by Crippen LogP contribution is 2.38. The van der Waals surface area contributed by atoms with Crippen molar-refractivity contribution < 1.29 is 4.79 Å². The second kappa shape index (κ2) is 4.71. The zero-order chi connectivity index (χ0) is 14.1. The Morgan fingerprint density at radius 2 is 1.60 bits per heavy atom. The third-order valence-corrected chi connectivity index (χ3v) is 3.52. The van der Waals surface area contributed by atoms with Crippen LogP contribution >= 0.6 is 0 Å². The third-order valence-electron chi connectivity index (χ3n) is 3.52. The minimum absolute atomic E-state index is 0.0106. The van der Waals surface area contributed by atoms with Gasteiger partial charge in [-0.25, -0.2) is 0 Å². The molecule has 0 unspecified atom stereocenters. The van der Waals surface area contributed by atoms with Gasteiger partial charge in [0.25, 0.3) is 0 Å². The molecule has 1 aliphatic heterocycles. The first kappa shape index (κ1) is 12.2. The SMILES string of the molecule is CN1C(=O)CN(c2ccccc2C#N)c2ccccc21. The highest BCUT2D eigenvalue weighted by atomic mass is 16.2. The largest absolute Gasteiger partial charge is 0.329 e. The fraction of sp³-hybridized carbons (Fsp3) is 0.125. The van der Waals surface area contributed by atoms with Gasteiger partial charge >= 0.3 is 0 Å². The molecule has 0 atom stereocenters. The van der Waals surface area contributed by atoms with Crippen LogP contribution in [0, 0.1) is 11.3 Å². The number of anilines is 3. The molecule has 1 amide bonds. The summed E-state index contributed by atoms with van der Waals surface area (Å²) in [6.07, 6.45) is 0. The summed E-state index contributed by atoms with van der Waals surface area (Å²) < 4.78 is 0. The molecule has 2 aromatic rings. The van der Waals surface area contributed by atoms with Crippen LogP contribution < -0.4 is 9.80 Å². The van der Waals surface area contributed by atoms with Crippen molar-refractivity contribution >= 4 is 23.0 Å². The molecular formula is C16H13N3O. The summed E-state index contributed by atoms with van der Waals surface area (Å²) in [4.78, 5) is 15.7. The lowest BCUT2D eigenvalue weighted by molar-refractivity contribution is -0.117. The number of hydrogen-bond acceptors (Lipinski definition) is 3. The fourth-order valence-corrected chi connectivity index (χ4v) is 2.46. The van der Waals surface area contributed by atoms with Crippen LogP contribution in [0.2, 0.25) is 0 Å². The quantitative estimate of drug-likeness (QED) is 0.794. The monoisotopic (exact) mass is 263 g/mol. The molecule has 0 spiro atoms. The van der Waals surface area contributed by atoms with Gasteiger partial charge in [0.15, 0.2) is 0 Å². The summed E-state index contributed by atoms with van der Waals surface area (Å²) in [6, 6.07) is 17.2. The van der Waals surface area contributed by atoms with Gasteiger partial charge in [0, 0.05) is 7.05 Å².